The second kappa shape index (κ2) is 7.71. The number of anilines is 1. The van der Waals surface area contributed by atoms with Crippen LogP contribution in [0.5, 0.6) is 5.75 Å². The van der Waals surface area contributed by atoms with Crippen molar-refractivity contribution in [1.29, 1.82) is 0 Å². The van der Waals surface area contributed by atoms with E-state index in [1.54, 1.807) is 7.11 Å². The van der Waals surface area contributed by atoms with E-state index >= 15 is 0 Å². The zero-order valence-corrected chi connectivity index (χ0v) is 16.1. The van der Waals surface area contributed by atoms with Crippen LogP contribution in [0.25, 0.3) is 10.2 Å². The summed E-state index contributed by atoms with van der Waals surface area (Å²) >= 11 is 1.27. The number of piperazine rings is 1. The van der Waals surface area contributed by atoms with Gasteiger partial charge < -0.3 is 14.5 Å². The first-order valence-electron chi connectivity index (χ1n) is 8.95. The Morgan fingerprint density at radius 2 is 1.86 bits per heavy atom. The zero-order valence-electron chi connectivity index (χ0n) is 15.3. The highest BCUT2D eigenvalue weighted by atomic mass is 32.1. The molecule has 146 valence electrons. The van der Waals surface area contributed by atoms with Crippen molar-refractivity contribution in [2.75, 3.05) is 38.2 Å². The maximum Gasteiger partial charge on any atom is 0.227 e. The summed E-state index contributed by atoms with van der Waals surface area (Å²) in [5.41, 5.74) is 1.14. The van der Waals surface area contributed by atoms with Crippen LogP contribution in [0.3, 0.4) is 0 Å². The molecule has 0 aliphatic carbocycles. The van der Waals surface area contributed by atoms with E-state index in [1.165, 1.54) is 17.4 Å². The number of fused-ring (bicyclic) bond motifs is 1. The lowest BCUT2D eigenvalue weighted by molar-refractivity contribution is -0.130. The average Bonchev–Trinajstić information content (AvgIpc) is 3.13. The molecule has 1 aliphatic rings. The van der Waals surface area contributed by atoms with Crippen LogP contribution in [0.15, 0.2) is 36.4 Å². The lowest BCUT2D eigenvalue weighted by atomic mass is 10.1. The smallest absolute Gasteiger partial charge is 0.227 e. The highest BCUT2D eigenvalue weighted by molar-refractivity contribution is 7.22. The number of carbonyl (C=O) groups excluding carboxylic acids is 1. The molecule has 4 rings (SSSR count). The number of carbonyl (C=O) groups is 1. The van der Waals surface area contributed by atoms with Gasteiger partial charge in [-0.1, -0.05) is 23.5 Å². The highest BCUT2D eigenvalue weighted by Gasteiger charge is 2.24. The molecule has 8 heteroatoms. The van der Waals surface area contributed by atoms with Gasteiger partial charge >= 0.3 is 0 Å². The number of benzene rings is 2. The molecule has 0 atom stereocenters. The summed E-state index contributed by atoms with van der Waals surface area (Å²) in [5, 5.41) is 0.654. The van der Waals surface area contributed by atoms with Gasteiger partial charge in [-0.15, -0.1) is 0 Å². The summed E-state index contributed by atoms with van der Waals surface area (Å²) in [6, 6.07) is 9.62. The summed E-state index contributed by atoms with van der Waals surface area (Å²) in [7, 11) is 1.61. The molecule has 0 spiro atoms. The number of amides is 1. The van der Waals surface area contributed by atoms with Gasteiger partial charge in [0.1, 0.15) is 17.1 Å². The number of halogens is 2. The van der Waals surface area contributed by atoms with Crippen molar-refractivity contribution >= 4 is 32.6 Å². The third kappa shape index (κ3) is 3.77. The minimum absolute atomic E-state index is 0.0715. The van der Waals surface area contributed by atoms with Gasteiger partial charge in [-0.3, -0.25) is 4.79 Å². The number of aromatic nitrogens is 1. The van der Waals surface area contributed by atoms with E-state index in [4.69, 9.17) is 4.74 Å². The topological polar surface area (TPSA) is 45.7 Å². The summed E-state index contributed by atoms with van der Waals surface area (Å²) in [6.45, 7) is 2.36. The summed E-state index contributed by atoms with van der Waals surface area (Å²) in [5.74, 6) is -0.417. The first-order chi connectivity index (χ1) is 13.5. The van der Waals surface area contributed by atoms with Gasteiger partial charge in [0.2, 0.25) is 5.91 Å². The highest BCUT2D eigenvalue weighted by Crippen LogP contribution is 2.31. The molecule has 1 amide bonds. The van der Waals surface area contributed by atoms with Crippen molar-refractivity contribution < 1.29 is 18.3 Å². The van der Waals surface area contributed by atoms with E-state index in [-0.39, 0.29) is 11.4 Å². The number of rotatable bonds is 4. The molecular weight excluding hydrogens is 384 g/mol. The number of ether oxygens (including phenoxy) is 1. The Morgan fingerprint density at radius 3 is 2.54 bits per heavy atom. The Balaban J connectivity index is 1.38. The summed E-state index contributed by atoms with van der Waals surface area (Å²) in [4.78, 5) is 20.7. The number of hydrogen-bond acceptors (Lipinski definition) is 5. The van der Waals surface area contributed by atoms with Crippen LogP contribution in [0, 0.1) is 11.6 Å². The molecule has 0 radical (unpaired) electrons. The second-order valence-electron chi connectivity index (χ2n) is 6.62. The zero-order chi connectivity index (χ0) is 19.7. The molecule has 0 unspecified atom stereocenters. The van der Waals surface area contributed by atoms with E-state index in [9.17, 15) is 13.6 Å². The predicted octanol–water partition coefficient (Wildman–Crippen LogP) is 3.47. The van der Waals surface area contributed by atoms with Crippen LogP contribution in [0.4, 0.5) is 13.9 Å². The first-order valence-corrected chi connectivity index (χ1v) is 9.76. The van der Waals surface area contributed by atoms with E-state index in [2.05, 4.69) is 4.98 Å². The molecule has 1 fully saturated rings. The van der Waals surface area contributed by atoms with Gasteiger partial charge in [-0.25, -0.2) is 13.8 Å². The molecule has 2 aromatic carbocycles. The Kier molecular flexibility index (Phi) is 5.13. The Morgan fingerprint density at radius 1 is 1.14 bits per heavy atom. The third-order valence-corrected chi connectivity index (χ3v) is 5.88. The monoisotopic (exact) mass is 403 g/mol. The lowest BCUT2D eigenvalue weighted by Gasteiger charge is -2.34. The molecule has 1 saturated heterocycles. The van der Waals surface area contributed by atoms with Crippen molar-refractivity contribution in [3.8, 4) is 5.75 Å². The Bertz CT molecular complexity index is 999. The van der Waals surface area contributed by atoms with E-state index in [0.717, 1.165) is 17.4 Å². The minimum atomic E-state index is -0.647. The normalized spacial score (nSPS) is 14.5. The largest absolute Gasteiger partial charge is 0.497 e. The van der Waals surface area contributed by atoms with Crippen molar-refractivity contribution in [2.24, 2.45) is 0 Å². The number of thiazole rings is 1. The van der Waals surface area contributed by atoms with Crippen LogP contribution in [-0.4, -0.2) is 49.1 Å². The lowest BCUT2D eigenvalue weighted by Crippen LogP contribution is -2.49. The van der Waals surface area contributed by atoms with E-state index in [0.29, 0.717) is 42.4 Å². The van der Waals surface area contributed by atoms with Crippen LogP contribution >= 0.6 is 11.3 Å². The quantitative estimate of drug-likeness (QED) is 0.669. The molecule has 1 aromatic heterocycles. The fourth-order valence-electron chi connectivity index (χ4n) is 3.26. The van der Waals surface area contributed by atoms with Gasteiger partial charge in [0.05, 0.1) is 18.2 Å². The molecule has 1 aliphatic heterocycles. The van der Waals surface area contributed by atoms with Crippen LogP contribution in [0.2, 0.25) is 0 Å². The van der Waals surface area contributed by atoms with Crippen LogP contribution in [-0.2, 0) is 11.2 Å². The maximum atomic E-state index is 13.9. The van der Waals surface area contributed by atoms with Gasteiger partial charge in [-0.05, 0) is 23.8 Å². The number of hydrogen-bond donors (Lipinski definition) is 0. The minimum Gasteiger partial charge on any atom is -0.497 e. The van der Waals surface area contributed by atoms with Crippen LogP contribution < -0.4 is 9.64 Å². The molecule has 2 heterocycles. The number of nitrogens with zero attached hydrogens (tertiary/aromatic N) is 3. The molecule has 5 nitrogen and oxygen atoms in total. The summed E-state index contributed by atoms with van der Waals surface area (Å²) < 4.78 is 32.9. The third-order valence-electron chi connectivity index (χ3n) is 4.82. The fourth-order valence-corrected chi connectivity index (χ4v) is 4.31. The van der Waals surface area contributed by atoms with E-state index < -0.39 is 11.6 Å². The Hall–Kier alpha value is -2.74. The molecular formula is C20H19F2N3O2S. The standard InChI is InChI=1S/C20H19F2N3O2S/c1-27-15-4-2-13(3-5-15)10-18(26)24-6-8-25(9-7-24)20-23-19-16(22)11-14(21)12-17(19)28-20/h2-5,11-12H,6-10H2,1H3. The average molecular weight is 403 g/mol. The van der Waals surface area contributed by atoms with Gasteiger partial charge in [0, 0.05) is 32.2 Å². The fraction of sp³-hybridized carbons (Fsp3) is 0.300. The maximum absolute atomic E-state index is 13.9. The van der Waals surface area contributed by atoms with Crippen molar-refractivity contribution in [3.05, 3.63) is 53.6 Å². The van der Waals surface area contributed by atoms with Crippen LogP contribution in [0.1, 0.15) is 5.56 Å². The van der Waals surface area contributed by atoms with Gasteiger partial charge in [-0.2, -0.15) is 0 Å². The second-order valence-corrected chi connectivity index (χ2v) is 7.63. The molecule has 0 saturated carbocycles. The van der Waals surface area contributed by atoms with Crippen molar-refractivity contribution in [2.45, 2.75) is 6.42 Å². The van der Waals surface area contributed by atoms with Crippen molar-refractivity contribution in [3.63, 3.8) is 0 Å². The first kappa shape index (κ1) is 18.6. The molecule has 0 bridgehead atoms. The van der Waals surface area contributed by atoms with E-state index in [1.807, 2.05) is 34.1 Å². The SMILES string of the molecule is COc1ccc(CC(=O)N2CCN(c3nc4c(F)cc(F)cc4s3)CC2)cc1. The molecule has 0 N–H and O–H groups in total. The molecule has 3 aromatic rings. The number of methoxy groups -OCH3 is 1. The van der Waals surface area contributed by atoms with Gasteiger partial charge in [0.15, 0.2) is 10.9 Å². The van der Waals surface area contributed by atoms with Gasteiger partial charge in [0.25, 0.3) is 0 Å². The molecule has 28 heavy (non-hydrogen) atoms. The Labute approximate surface area is 165 Å². The summed E-state index contributed by atoms with van der Waals surface area (Å²) in [6.07, 6.45) is 0.343. The predicted molar refractivity (Wildman–Crippen MR) is 105 cm³/mol. The van der Waals surface area contributed by atoms with Crippen molar-refractivity contribution in [1.82, 2.24) is 9.88 Å².